The van der Waals surface area contributed by atoms with Crippen LogP contribution in [0, 0.1) is 13.8 Å². The summed E-state index contributed by atoms with van der Waals surface area (Å²) < 4.78 is 5.48. The molecule has 1 aromatic carbocycles. The van der Waals surface area contributed by atoms with Crippen LogP contribution in [0.1, 0.15) is 21.6 Å². The minimum atomic E-state index is -0.940. The number of carboxylic acid groups (broad SMARTS) is 1. The lowest BCUT2D eigenvalue weighted by Crippen LogP contribution is -1.99. The highest BCUT2D eigenvalue weighted by Crippen LogP contribution is 2.22. The average Bonchev–Trinajstić information content (AvgIpc) is 2.63. The highest BCUT2D eigenvalue weighted by atomic mass is 16.5. The molecule has 0 saturated heterocycles. The van der Waals surface area contributed by atoms with Crippen molar-refractivity contribution in [1.29, 1.82) is 0 Å². The van der Waals surface area contributed by atoms with Crippen molar-refractivity contribution < 1.29 is 14.6 Å². The number of H-pyrrole nitrogens is 1. The number of hydrogen-bond acceptors (Lipinski definition) is 3. The van der Waals surface area contributed by atoms with Gasteiger partial charge in [-0.05, 0) is 37.6 Å². The molecule has 88 valence electrons. The topological polar surface area (TPSA) is 75.2 Å². The zero-order chi connectivity index (χ0) is 12.4. The molecule has 0 atom stereocenters. The number of rotatable bonds is 3. The highest BCUT2D eigenvalue weighted by molar-refractivity contribution is 5.89. The molecule has 0 saturated carbocycles. The maximum atomic E-state index is 10.8. The van der Waals surface area contributed by atoms with E-state index in [0.29, 0.717) is 17.2 Å². The lowest BCUT2D eigenvalue weighted by Gasteiger charge is -2.05. The second-order valence-electron chi connectivity index (χ2n) is 3.77. The van der Waals surface area contributed by atoms with Gasteiger partial charge in [-0.15, -0.1) is 5.10 Å². The van der Waals surface area contributed by atoms with Crippen molar-refractivity contribution in [3.8, 4) is 11.6 Å². The van der Waals surface area contributed by atoms with Crippen LogP contribution < -0.4 is 4.74 Å². The Labute approximate surface area is 98.0 Å². The molecule has 0 amide bonds. The minimum absolute atomic E-state index is 0.274. The third-order valence-corrected chi connectivity index (χ3v) is 2.33. The van der Waals surface area contributed by atoms with E-state index in [9.17, 15) is 4.79 Å². The zero-order valence-corrected chi connectivity index (χ0v) is 9.52. The van der Waals surface area contributed by atoms with Gasteiger partial charge in [-0.1, -0.05) is 0 Å². The molecule has 5 heteroatoms. The molecule has 2 N–H and O–H groups in total. The minimum Gasteiger partial charge on any atom is -0.478 e. The van der Waals surface area contributed by atoms with E-state index < -0.39 is 5.97 Å². The Balaban J connectivity index is 2.23. The van der Waals surface area contributed by atoms with Crippen LogP contribution in [0.25, 0.3) is 0 Å². The number of benzene rings is 1. The van der Waals surface area contributed by atoms with Crippen molar-refractivity contribution in [3.63, 3.8) is 0 Å². The van der Waals surface area contributed by atoms with Gasteiger partial charge in [-0.3, -0.25) is 5.10 Å². The SMILES string of the molecule is Cc1cc(Oc2ccc(C(=O)O)c(C)c2)n[nH]1. The monoisotopic (exact) mass is 232 g/mol. The average molecular weight is 232 g/mol. The molecule has 2 rings (SSSR count). The molecule has 0 unspecified atom stereocenters. The van der Waals surface area contributed by atoms with E-state index in [1.807, 2.05) is 6.92 Å². The number of nitrogens with zero attached hydrogens (tertiary/aromatic N) is 1. The first kappa shape index (κ1) is 11.2. The van der Waals surface area contributed by atoms with Crippen LogP contribution in [0.2, 0.25) is 0 Å². The fourth-order valence-electron chi connectivity index (χ4n) is 1.51. The second kappa shape index (κ2) is 4.29. The summed E-state index contributed by atoms with van der Waals surface area (Å²) in [7, 11) is 0. The van der Waals surface area contributed by atoms with Crippen LogP contribution in [0.3, 0.4) is 0 Å². The Hall–Kier alpha value is -2.30. The van der Waals surface area contributed by atoms with Gasteiger partial charge in [0.2, 0.25) is 5.88 Å². The standard InChI is InChI=1S/C12H12N2O3/c1-7-5-9(3-4-10(7)12(15)16)17-11-6-8(2)13-14-11/h3-6H,1-2H3,(H,13,14)(H,15,16). The highest BCUT2D eigenvalue weighted by Gasteiger charge is 2.08. The number of aryl methyl sites for hydroxylation is 2. The molecular formula is C12H12N2O3. The smallest absolute Gasteiger partial charge is 0.335 e. The van der Waals surface area contributed by atoms with Crippen LogP contribution in [-0.4, -0.2) is 21.3 Å². The van der Waals surface area contributed by atoms with E-state index in [-0.39, 0.29) is 5.56 Å². The van der Waals surface area contributed by atoms with Crippen molar-refractivity contribution in [3.05, 3.63) is 41.1 Å². The van der Waals surface area contributed by atoms with Crippen molar-refractivity contribution in [2.75, 3.05) is 0 Å². The summed E-state index contributed by atoms with van der Waals surface area (Å²) in [4.78, 5) is 10.8. The van der Waals surface area contributed by atoms with E-state index in [1.54, 1.807) is 25.1 Å². The van der Waals surface area contributed by atoms with Gasteiger partial charge in [0.25, 0.3) is 0 Å². The summed E-state index contributed by atoms with van der Waals surface area (Å²) >= 11 is 0. The second-order valence-corrected chi connectivity index (χ2v) is 3.77. The zero-order valence-electron chi connectivity index (χ0n) is 9.52. The first-order valence-corrected chi connectivity index (χ1v) is 5.10. The molecule has 0 radical (unpaired) electrons. The molecule has 17 heavy (non-hydrogen) atoms. The van der Waals surface area contributed by atoms with Gasteiger partial charge in [-0.2, -0.15) is 0 Å². The molecule has 0 aliphatic heterocycles. The van der Waals surface area contributed by atoms with Crippen LogP contribution in [0.15, 0.2) is 24.3 Å². The summed E-state index contributed by atoms with van der Waals surface area (Å²) in [5.41, 5.74) is 1.83. The van der Waals surface area contributed by atoms with Gasteiger partial charge in [0, 0.05) is 11.8 Å². The third-order valence-electron chi connectivity index (χ3n) is 2.33. The fourth-order valence-corrected chi connectivity index (χ4v) is 1.51. The Morgan fingerprint density at radius 1 is 1.35 bits per heavy atom. The summed E-state index contributed by atoms with van der Waals surface area (Å²) in [5, 5.41) is 15.6. The molecule has 1 heterocycles. The van der Waals surface area contributed by atoms with Crippen LogP contribution in [0.4, 0.5) is 0 Å². The van der Waals surface area contributed by atoms with Gasteiger partial charge in [0.15, 0.2) is 0 Å². The summed E-state index contributed by atoms with van der Waals surface area (Å²) in [6, 6.07) is 6.57. The van der Waals surface area contributed by atoms with Gasteiger partial charge in [0.1, 0.15) is 5.75 Å². The van der Waals surface area contributed by atoms with Gasteiger partial charge >= 0.3 is 5.97 Å². The van der Waals surface area contributed by atoms with E-state index in [1.165, 1.54) is 6.07 Å². The Kier molecular flexibility index (Phi) is 2.82. The number of aromatic nitrogens is 2. The third kappa shape index (κ3) is 2.44. The number of aromatic carboxylic acids is 1. The number of hydrogen-bond donors (Lipinski definition) is 2. The van der Waals surface area contributed by atoms with E-state index in [2.05, 4.69) is 10.2 Å². The molecule has 0 bridgehead atoms. The van der Waals surface area contributed by atoms with Crippen LogP contribution in [-0.2, 0) is 0 Å². The fraction of sp³-hybridized carbons (Fsp3) is 0.167. The number of ether oxygens (including phenoxy) is 1. The Bertz CT molecular complexity index is 561. The first-order valence-electron chi connectivity index (χ1n) is 5.10. The lowest BCUT2D eigenvalue weighted by atomic mass is 10.1. The molecule has 0 fully saturated rings. The maximum Gasteiger partial charge on any atom is 0.335 e. The Morgan fingerprint density at radius 2 is 2.12 bits per heavy atom. The molecular weight excluding hydrogens is 220 g/mol. The number of carbonyl (C=O) groups is 1. The van der Waals surface area contributed by atoms with E-state index in [0.717, 1.165) is 5.69 Å². The molecule has 0 spiro atoms. The molecule has 1 aromatic heterocycles. The van der Waals surface area contributed by atoms with Crippen molar-refractivity contribution in [2.45, 2.75) is 13.8 Å². The Morgan fingerprint density at radius 3 is 2.65 bits per heavy atom. The van der Waals surface area contributed by atoms with Crippen molar-refractivity contribution in [2.24, 2.45) is 0 Å². The maximum absolute atomic E-state index is 10.8. The van der Waals surface area contributed by atoms with Gasteiger partial charge in [-0.25, -0.2) is 4.79 Å². The molecule has 0 aliphatic carbocycles. The number of aromatic amines is 1. The lowest BCUT2D eigenvalue weighted by molar-refractivity contribution is 0.0696. The predicted molar refractivity (Wildman–Crippen MR) is 61.5 cm³/mol. The van der Waals surface area contributed by atoms with Crippen molar-refractivity contribution in [1.82, 2.24) is 10.2 Å². The summed E-state index contributed by atoms with van der Waals surface area (Å²) in [6.07, 6.45) is 0. The molecule has 0 aliphatic rings. The molecule has 5 nitrogen and oxygen atoms in total. The van der Waals surface area contributed by atoms with Crippen molar-refractivity contribution >= 4 is 5.97 Å². The van der Waals surface area contributed by atoms with Crippen LogP contribution in [0.5, 0.6) is 11.6 Å². The first-order chi connectivity index (χ1) is 8.06. The quantitative estimate of drug-likeness (QED) is 0.852. The van der Waals surface area contributed by atoms with Gasteiger partial charge in [0.05, 0.1) is 5.56 Å². The largest absolute Gasteiger partial charge is 0.478 e. The van der Waals surface area contributed by atoms with E-state index in [4.69, 9.17) is 9.84 Å². The summed E-state index contributed by atoms with van der Waals surface area (Å²) in [6.45, 7) is 3.60. The van der Waals surface area contributed by atoms with Crippen LogP contribution >= 0.6 is 0 Å². The number of nitrogens with one attached hydrogen (secondary N) is 1. The number of carboxylic acids is 1. The van der Waals surface area contributed by atoms with E-state index >= 15 is 0 Å². The normalized spacial score (nSPS) is 10.2. The van der Waals surface area contributed by atoms with Gasteiger partial charge < -0.3 is 9.84 Å². The molecule has 2 aromatic rings. The predicted octanol–water partition coefficient (Wildman–Crippen LogP) is 2.52. The summed E-state index contributed by atoms with van der Waals surface area (Å²) in [5.74, 6) is 0.0913.